The number of ether oxygens (including phenoxy) is 1. The second-order valence-electron chi connectivity index (χ2n) is 4.25. The van der Waals surface area contributed by atoms with E-state index in [1.54, 1.807) is 13.1 Å². The minimum absolute atomic E-state index is 0.127. The zero-order chi connectivity index (χ0) is 13.8. The van der Waals surface area contributed by atoms with Gasteiger partial charge >= 0.3 is 6.03 Å². The third-order valence-electron chi connectivity index (χ3n) is 3.00. The van der Waals surface area contributed by atoms with E-state index >= 15 is 0 Å². The first-order valence-electron chi connectivity index (χ1n) is 5.93. The highest BCUT2D eigenvalue weighted by atomic mass is 32.1. The van der Waals surface area contributed by atoms with Crippen LogP contribution in [0.3, 0.4) is 0 Å². The van der Waals surface area contributed by atoms with E-state index in [9.17, 15) is 9.59 Å². The smallest absolute Gasteiger partial charge is 0.318 e. The van der Waals surface area contributed by atoms with Gasteiger partial charge < -0.3 is 10.5 Å². The molecule has 1 aromatic heterocycles. The van der Waals surface area contributed by atoms with Gasteiger partial charge in [0.05, 0.1) is 12.6 Å². The number of amides is 3. The number of aromatic nitrogens is 1. The molecule has 0 aliphatic carbocycles. The first-order valence-corrected chi connectivity index (χ1v) is 6.81. The van der Waals surface area contributed by atoms with E-state index in [1.807, 2.05) is 10.3 Å². The van der Waals surface area contributed by atoms with Crippen LogP contribution in [0.5, 0.6) is 0 Å². The Balaban J connectivity index is 1.97. The zero-order valence-electron chi connectivity index (χ0n) is 10.5. The van der Waals surface area contributed by atoms with E-state index in [0.717, 1.165) is 5.01 Å². The van der Waals surface area contributed by atoms with E-state index in [-0.39, 0.29) is 6.10 Å². The summed E-state index contributed by atoms with van der Waals surface area (Å²) in [5.41, 5.74) is 4.94. The number of carbonyl (C=O) groups excluding carboxylic acids is 2. The predicted molar refractivity (Wildman–Crippen MR) is 69.6 cm³/mol. The normalized spacial score (nSPS) is 21.8. The van der Waals surface area contributed by atoms with E-state index in [4.69, 9.17) is 10.5 Å². The number of morpholine rings is 1. The lowest BCUT2D eigenvalue weighted by Gasteiger charge is -2.35. The summed E-state index contributed by atoms with van der Waals surface area (Å²) >= 11 is 1.52. The molecule has 0 aromatic carbocycles. The minimum atomic E-state index is -0.832. The molecule has 0 radical (unpaired) electrons. The van der Waals surface area contributed by atoms with Crippen molar-refractivity contribution in [2.24, 2.45) is 5.73 Å². The molecule has 0 bridgehead atoms. The van der Waals surface area contributed by atoms with E-state index in [0.29, 0.717) is 19.7 Å². The third kappa shape index (κ3) is 3.49. The van der Waals surface area contributed by atoms with Gasteiger partial charge in [0.25, 0.3) is 0 Å². The van der Waals surface area contributed by atoms with Crippen molar-refractivity contribution in [2.45, 2.75) is 19.1 Å². The molecule has 2 atom stereocenters. The number of rotatable bonds is 3. The molecule has 2 heterocycles. The number of nitrogens with zero attached hydrogens (tertiary/aromatic N) is 2. The van der Waals surface area contributed by atoms with Crippen LogP contribution < -0.4 is 11.1 Å². The van der Waals surface area contributed by atoms with Gasteiger partial charge in [-0.2, -0.15) is 0 Å². The van der Waals surface area contributed by atoms with Gasteiger partial charge in [-0.05, 0) is 6.92 Å². The number of hydrogen-bond donors (Lipinski definition) is 2. The molecule has 1 aromatic rings. The highest BCUT2D eigenvalue weighted by Crippen LogP contribution is 2.24. The molecule has 8 heteroatoms. The summed E-state index contributed by atoms with van der Waals surface area (Å²) in [6.45, 7) is 3.47. The monoisotopic (exact) mass is 284 g/mol. The molecule has 1 saturated heterocycles. The van der Waals surface area contributed by atoms with Crippen molar-refractivity contribution in [1.29, 1.82) is 0 Å². The Bertz CT molecular complexity index is 451. The molecule has 1 aliphatic heterocycles. The van der Waals surface area contributed by atoms with Crippen molar-refractivity contribution in [3.63, 3.8) is 0 Å². The van der Waals surface area contributed by atoms with Crippen molar-refractivity contribution < 1.29 is 14.3 Å². The summed E-state index contributed by atoms with van der Waals surface area (Å²) < 4.78 is 5.65. The lowest BCUT2D eigenvalue weighted by atomic mass is 10.2. The standard InChI is InChI=1S/C11H16N4O3S/c1-7(9(16)14-11(12)17)15-3-4-18-8(6-15)10-13-2-5-19-10/h2,5,7-8H,3-4,6H2,1H3,(H3,12,14,16,17)/t7-,8-/m1/s1. The number of primary amides is 1. The minimum Gasteiger partial charge on any atom is -0.368 e. The maximum absolute atomic E-state index is 11.7. The topological polar surface area (TPSA) is 97.5 Å². The highest BCUT2D eigenvalue weighted by Gasteiger charge is 2.30. The highest BCUT2D eigenvalue weighted by molar-refractivity contribution is 7.09. The van der Waals surface area contributed by atoms with Gasteiger partial charge in [0.15, 0.2) is 0 Å². The first-order chi connectivity index (χ1) is 9.08. The molecular weight excluding hydrogens is 268 g/mol. The van der Waals surface area contributed by atoms with Gasteiger partial charge in [0.1, 0.15) is 11.1 Å². The molecule has 104 valence electrons. The molecule has 3 N–H and O–H groups in total. The van der Waals surface area contributed by atoms with Crippen LogP contribution in [0.1, 0.15) is 18.0 Å². The fourth-order valence-electron chi connectivity index (χ4n) is 1.96. The summed E-state index contributed by atoms with van der Waals surface area (Å²) in [5.74, 6) is -0.396. The number of hydrogen-bond acceptors (Lipinski definition) is 6. The Morgan fingerprint density at radius 1 is 1.68 bits per heavy atom. The first kappa shape index (κ1) is 13.9. The molecule has 0 unspecified atom stereocenters. The number of carbonyl (C=O) groups is 2. The van der Waals surface area contributed by atoms with Crippen LogP contribution >= 0.6 is 11.3 Å². The van der Waals surface area contributed by atoms with Crippen LogP contribution in [0.25, 0.3) is 0 Å². The lowest BCUT2D eigenvalue weighted by molar-refractivity contribution is -0.128. The summed E-state index contributed by atoms with van der Waals surface area (Å²) in [6, 6.07) is -1.26. The van der Waals surface area contributed by atoms with Gasteiger partial charge in [-0.15, -0.1) is 11.3 Å². The maximum Gasteiger partial charge on any atom is 0.318 e. The Labute approximate surface area is 114 Å². The van der Waals surface area contributed by atoms with E-state index in [1.165, 1.54) is 11.3 Å². The number of imide groups is 1. The quantitative estimate of drug-likeness (QED) is 0.820. The Morgan fingerprint density at radius 3 is 3.11 bits per heavy atom. The van der Waals surface area contributed by atoms with Gasteiger partial charge in [0.2, 0.25) is 5.91 Å². The van der Waals surface area contributed by atoms with Gasteiger partial charge in [0, 0.05) is 24.7 Å². The van der Waals surface area contributed by atoms with Crippen molar-refractivity contribution in [3.8, 4) is 0 Å². The van der Waals surface area contributed by atoms with Crippen LogP contribution in [0.4, 0.5) is 4.79 Å². The predicted octanol–water partition coefficient (Wildman–Crippen LogP) is 0.0998. The molecule has 2 rings (SSSR count). The SMILES string of the molecule is C[C@H](C(=O)NC(N)=O)N1CCO[C@@H](c2nccs2)C1. The molecular formula is C11H16N4O3S. The van der Waals surface area contributed by atoms with Crippen molar-refractivity contribution >= 4 is 23.3 Å². The third-order valence-corrected chi connectivity index (χ3v) is 3.87. The van der Waals surface area contributed by atoms with Crippen molar-refractivity contribution in [1.82, 2.24) is 15.2 Å². The number of urea groups is 1. The maximum atomic E-state index is 11.7. The summed E-state index contributed by atoms with van der Waals surface area (Å²) in [4.78, 5) is 28.6. The summed E-state index contributed by atoms with van der Waals surface area (Å²) in [6.07, 6.45) is 1.60. The van der Waals surface area contributed by atoms with E-state index < -0.39 is 18.0 Å². The molecule has 1 fully saturated rings. The number of thiazole rings is 1. The molecule has 19 heavy (non-hydrogen) atoms. The summed E-state index contributed by atoms with van der Waals surface area (Å²) in [5, 5.41) is 4.88. The molecule has 7 nitrogen and oxygen atoms in total. The van der Waals surface area contributed by atoms with Gasteiger partial charge in [-0.1, -0.05) is 0 Å². The number of nitrogens with two attached hydrogens (primary N) is 1. The van der Waals surface area contributed by atoms with Crippen molar-refractivity contribution in [3.05, 3.63) is 16.6 Å². The Kier molecular flexibility index (Phi) is 4.46. The zero-order valence-corrected chi connectivity index (χ0v) is 11.4. The molecule has 3 amide bonds. The van der Waals surface area contributed by atoms with Crippen LogP contribution in [-0.2, 0) is 9.53 Å². The van der Waals surface area contributed by atoms with Crippen LogP contribution in [0.2, 0.25) is 0 Å². The fourth-order valence-corrected chi connectivity index (χ4v) is 2.63. The van der Waals surface area contributed by atoms with Crippen LogP contribution in [0.15, 0.2) is 11.6 Å². The molecule has 0 saturated carbocycles. The average Bonchev–Trinajstić information content (AvgIpc) is 2.91. The van der Waals surface area contributed by atoms with E-state index in [2.05, 4.69) is 10.3 Å². The summed E-state index contributed by atoms with van der Waals surface area (Å²) in [7, 11) is 0. The van der Waals surface area contributed by atoms with Crippen LogP contribution in [-0.4, -0.2) is 47.6 Å². The molecule has 1 aliphatic rings. The number of nitrogens with one attached hydrogen (secondary N) is 1. The molecule has 0 spiro atoms. The average molecular weight is 284 g/mol. The second-order valence-corrected chi connectivity index (χ2v) is 5.18. The van der Waals surface area contributed by atoms with Gasteiger partial charge in [-0.25, -0.2) is 9.78 Å². The Hall–Kier alpha value is -1.51. The van der Waals surface area contributed by atoms with Gasteiger partial charge in [-0.3, -0.25) is 15.0 Å². The largest absolute Gasteiger partial charge is 0.368 e. The van der Waals surface area contributed by atoms with Crippen LogP contribution in [0, 0.1) is 0 Å². The second kappa shape index (κ2) is 6.09. The lowest BCUT2D eigenvalue weighted by Crippen LogP contribution is -2.52. The Morgan fingerprint density at radius 2 is 2.47 bits per heavy atom. The van der Waals surface area contributed by atoms with Crippen molar-refractivity contribution in [2.75, 3.05) is 19.7 Å². The fraction of sp³-hybridized carbons (Fsp3) is 0.545.